The number of nitrogens with two attached hydrogens (primary N) is 1. The molecule has 0 heterocycles. The molecule has 14 heavy (non-hydrogen) atoms. The molecule has 1 aliphatic rings. The lowest BCUT2D eigenvalue weighted by Gasteiger charge is -2.21. The van der Waals surface area contributed by atoms with E-state index in [1.807, 2.05) is 6.92 Å². The fourth-order valence-corrected chi connectivity index (χ4v) is 2.46. The highest BCUT2D eigenvalue weighted by Gasteiger charge is 2.25. The van der Waals surface area contributed by atoms with Crippen molar-refractivity contribution in [1.29, 1.82) is 0 Å². The maximum absolute atomic E-state index is 10.9. The van der Waals surface area contributed by atoms with E-state index < -0.39 is 10.3 Å². The van der Waals surface area contributed by atoms with Crippen LogP contribution in [0.2, 0.25) is 0 Å². The second kappa shape index (κ2) is 3.98. The molecule has 78 valence electrons. The minimum Gasteiger partial charge on any atom is -0.415 e. The van der Waals surface area contributed by atoms with Crippen LogP contribution >= 0.6 is 0 Å². The van der Waals surface area contributed by atoms with Crippen molar-refractivity contribution in [1.82, 2.24) is 0 Å². The molecule has 1 atom stereocenters. The first-order chi connectivity index (χ1) is 6.49. The number of hydrogen-bond acceptors (Lipinski definition) is 4. The molecule has 0 radical (unpaired) electrons. The van der Waals surface area contributed by atoms with Crippen LogP contribution < -0.4 is 5.90 Å². The van der Waals surface area contributed by atoms with Crippen LogP contribution in [0.5, 0.6) is 0 Å². The fourth-order valence-electron chi connectivity index (χ4n) is 1.74. The van der Waals surface area contributed by atoms with E-state index in [-0.39, 0.29) is 5.92 Å². The zero-order chi connectivity index (χ0) is 10.9. The molecule has 0 amide bonds. The second-order valence-corrected chi connectivity index (χ2v) is 4.22. The van der Waals surface area contributed by atoms with Crippen molar-refractivity contribution in [3.63, 3.8) is 0 Å². The Kier molecular flexibility index (Phi) is 3.13. The summed E-state index contributed by atoms with van der Waals surface area (Å²) in [4.78, 5) is 5.03. The third kappa shape index (κ3) is 1.73. The Morgan fingerprint density at radius 1 is 1.43 bits per heavy atom. The summed E-state index contributed by atoms with van der Waals surface area (Å²) in [6, 6.07) is 0. The lowest BCUT2D eigenvalue weighted by Crippen LogP contribution is -2.23. The number of hydrogen-bond donors (Lipinski definition) is 1. The van der Waals surface area contributed by atoms with Gasteiger partial charge in [0.2, 0.25) is 10.3 Å². The van der Waals surface area contributed by atoms with Gasteiger partial charge in [-0.3, -0.25) is 0 Å². The quantitative estimate of drug-likeness (QED) is 0.519. The smallest absolute Gasteiger partial charge is 0.218 e. The summed E-state index contributed by atoms with van der Waals surface area (Å²) in [6.45, 7) is 5.36. The van der Waals surface area contributed by atoms with Crippen LogP contribution in [-0.2, 0) is 15.1 Å². The minimum atomic E-state index is -2.22. The zero-order valence-electron chi connectivity index (χ0n) is 8.37. The van der Waals surface area contributed by atoms with E-state index in [1.54, 1.807) is 19.9 Å². The summed E-state index contributed by atoms with van der Waals surface area (Å²) in [7, 11) is -2.22. The molecule has 0 aliphatic heterocycles. The lowest BCUT2D eigenvalue weighted by molar-refractivity contribution is 0.198. The summed E-state index contributed by atoms with van der Waals surface area (Å²) in [5.74, 6) is 5.30. The van der Waals surface area contributed by atoms with E-state index in [1.165, 1.54) is 0 Å². The van der Waals surface area contributed by atoms with Crippen molar-refractivity contribution in [3.8, 4) is 0 Å². The SMILES string of the molecule is CC1=CC(C)=C(ON)C(C)C1=S(=O)=O. The maximum Gasteiger partial charge on any atom is 0.218 e. The molecule has 1 aliphatic carbocycles. The summed E-state index contributed by atoms with van der Waals surface area (Å²) < 4.78 is 21.9. The van der Waals surface area contributed by atoms with Crippen LogP contribution in [0.15, 0.2) is 23.0 Å². The highest BCUT2D eigenvalue weighted by Crippen LogP contribution is 2.26. The Morgan fingerprint density at radius 3 is 2.43 bits per heavy atom. The van der Waals surface area contributed by atoms with Gasteiger partial charge < -0.3 is 4.84 Å². The molecular weight excluding hydrogens is 202 g/mol. The summed E-state index contributed by atoms with van der Waals surface area (Å²) in [5.41, 5.74) is 1.61. The predicted octanol–water partition coefficient (Wildman–Crippen LogP) is 0.798. The van der Waals surface area contributed by atoms with Gasteiger partial charge in [-0.15, -0.1) is 0 Å². The molecule has 0 aromatic heterocycles. The highest BCUT2D eigenvalue weighted by molar-refractivity contribution is 7.73. The molecule has 0 aromatic rings. The van der Waals surface area contributed by atoms with Crippen LogP contribution in [0.25, 0.3) is 0 Å². The Morgan fingerprint density at radius 2 is 2.00 bits per heavy atom. The van der Waals surface area contributed by atoms with E-state index in [2.05, 4.69) is 4.84 Å². The molecule has 0 saturated carbocycles. The zero-order valence-corrected chi connectivity index (χ0v) is 9.18. The second-order valence-electron chi connectivity index (χ2n) is 3.31. The Labute approximate surface area is 84.5 Å². The Balaban J connectivity index is 3.40. The van der Waals surface area contributed by atoms with Crippen LogP contribution in [0.1, 0.15) is 20.8 Å². The average Bonchev–Trinajstić information content (AvgIpc) is 2.02. The van der Waals surface area contributed by atoms with Crippen molar-refractivity contribution >= 4 is 15.2 Å². The Hall–Kier alpha value is -1.07. The molecule has 0 aromatic carbocycles. The lowest BCUT2D eigenvalue weighted by atomic mass is 9.91. The van der Waals surface area contributed by atoms with Crippen molar-refractivity contribution in [3.05, 3.63) is 23.0 Å². The van der Waals surface area contributed by atoms with Crippen LogP contribution in [0.3, 0.4) is 0 Å². The minimum absolute atomic E-state index is 0.302. The average molecular weight is 215 g/mol. The van der Waals surface area contributed by atoms with Gasteiger partial charge in [-0.05, 0) is 25.0 Å². The van der Waals surface area contributed by atoms with Gasteiger partial charge in [0.15, 0.2) is 0 Å². The summed E-state index contributed by atoms with van der Waals surface area (Å²) >= 11 is 0. The molecule has 4 nitrogen and oxygen atoms in total. The molecule has 0 spiro atoms. The Bertz CT molecular complexity index is 435. The molecule has 2 N–H and O–H groups in total. The van der Waals surface area contributed by atoms with Crippen molar-refractivity contribution in [2.24, 2.45) is 11.8 Å². The molecule has 5 heteroatoms. The number of rotatable bonds is 1. The van der Waals surface area contributed by atoms with E-state index in [0.29, 0.717) is 10.6 Å². The normalized spacial score (nSPS) is 22.1. The van der Waals surface area contributed by atoms with Crippen molar-refractivity contribution in [2.45, 2.75) is 20.8 Å². The van der Waals surface area contributed by atoms with Crippen molar-refractivity contribution in [2.75, 3.05) is 0 Å². The van der Waals surface area contributed by atoms with Crippen LogP contribution in [0.4, 0.5) is 0 Å². The van der Waals surface area contributed by atoms with E-state index in [0.717, 1.165) is 11.1 Å². The van der Waals surface area contributed by atoms with Crippen LogP contribution in [0, 0.1) is 5.92 Å². The molecular formula is C9H13NO3S. The third-order valence-electron chi connectivity index (χ3n) is 2.30. The standard InChI is InChI=1S/C9H13NO3S/c1-5-4-6(2)9(14(11)12)7(3)8(5)13-10/h4,7H,10H2,1-3H3. The molecule has 0 bridgehead atoms. The fraction of sp³-hybridized carbons (Fsp3) is 0.444. The van der Waals surface area contributed by atoms with E-state index in [9.17, 15) is 8.42 Å². The first-order valence-electron chi connectivity index (χ1n) is 4.21. The van der Waals surface area contributed by atoms with Gasteiger partial charge in [0.05, 0.1) is 10.8 Å². The van der Waals surface area contributed by atoms with Gasteiger partial charge >= 0.3 is 0 Å². The topological polar surface area (TPSA) is 69.4 Å². The van der Waals surface area contributed by atoms with E-state index >= 15 is 0 Å². The molecule has 1 rings (SSSR count). The molecule has 1 unspecified atom stereocenters. The molecule has 0 saturated heterocycles. The third-order valence-corrected chi connectivity index (χ3v) is 3.34. The van der Waals surface area contributed by atoms with Gasteiger partial charge in [0.1, 0.15) is 5.76 Å². The van der Waals surface area contributed by atoms with Crippen molar-refractivity contribution < 1.29 is 13.3 Å². The summed E-state index contributed by atoms with van der Waals surface area (Å²) in [5, 5.41) is 0. The van der Waals surface area contributed by atoms with Gasteiger partial charge in [0, 0.05) is 0 Å². The first-order valence-corrected chi connectivity index (χ1v) is 5.28. The van der Waals surface area contributed by atoms with Gasteiger partial charge in [-0.1, -0.05) is 13.0 Å². The van der Waals surface area contributed by atoms with Crippen LogP contribution in [-0.4, -0.2) is 13.3 Å². The molecule has 0 fully saturated rings. The largest absolute Gasteiger partial charge is 0.415 e. The maximum atomic E-state index is 10.9. The van der Waals surface area contributed by atoms with Gasteiger partial charge in [-0.2, -0.15) is 14.3 Å². The van der Waals surface area contributed by atoms with Gasteiger partial charge in [0.25, 0.3) is 0 Å². The number of allylic oxidation sites excluding steroid dienone is 4. The highest BCUT2D eigenvalue weighted by atomic mass is 32.2. The summed E-state index contributed by atoms with van der Waals surface area (Å²) in [6.07, 6.45) is 1.76. The van der Waals surface area contributed by atoms with E-state index in [4.69, 9.17) is 5.90 Å². The van der Waals surface area contributed by atoms with Gasteiger partial charge in [-0.25, -0.2) is 0 Å². The first kappa shape index (κ1) is 11.0. The predicted molar refractivity (Wildman–Crippen MR) is 54.8 cm³/mol. The monoisotopic (exact) mass is 215 g/mol.